The van der Waals surface area contributed by atoms with E-state index in [4.69, 9.17) is 5.73 Å². The third kappa shape index (κ3) is 4.65. The molecule has 0 aromatic rings. The normalized spacial score (nSPS) is 26.7. The van der Waals surface area contributed by atoms with Crippen molar-refractivity contribution in [1.29, 1.82) is 0 Å². The van der Waals surface area contributed by atoms with E-state index in [1.54, 1.807) is 0 Å². The van der Waals surface area contributed by atoms with Crippen molar-refractivity contribution < 1.29 is 4.79 Å². The lowest BCUT2D eigenvalue weighted by Gasteiger charge is -2.28. The van der Waals surface area contributed by atoms with E-state index >= 15 is 0 Å². The van der Waals surface area contributed by atoms with Gasteiger partial charge in [0, 0.05) is 19.0 Å². The highest BCUT2D eigenvalue weighted by Crippen LogP contribution is 2.22. The molecule has 1 saturated carbocycles. The molecule has 88 valence electrons. The Morgan fingerprint density at radius 1 is 1.40 bits per heavy atom. The van der Waals surface area contributed by atoms with Gasteiger partial charge in [0.15, 0.2) is 0 Å². The summed E-state index contributed by atoms with van der Waals surface area (Å²) >= 11 is 0. The zero-order valence-electron chi connectivity index (χ0n) is 9.96. The lowest BCUT2D eigenvalue weighted by Crippen LogP contribution is -2.41. The lowest BCUT2D eigenvalue weighted by molar-refractivity contribution is -0.122. The summed E-state index contributed by atoms with van der Waals surface area (Å²) in [7, 11) is 0. The van der Waals surface area contributed by atoms with Crippen LogP contribution in [0.5, 0.6) is 0 Å². The highest BCUT2D eigenvalue weighted by molar-refractivity contribution is 5.76. The predicted molar refractivity (Wildman–Crippen MR) is 62.4 cm³/mol. The molecule has 0 aliphatic heterocycles. The lowest BCUT2D eigenvalue weighted by atomic mass is 9.85. The minimum absolute atomic E-state index is 0.169. The summed E-state index contributed by atoms with van der Waals surface area (Å²) in [6.45, 7) is 4.89. The molecule has 3 nitrogen and oxygen atoms in total. The quantitative estimate of drug-likeness (QED) is 0.744. The van der Waals surface area contributed by atoms with Gasteiger partial charge in [-0.2, -0.15) is 0 Å². The first-order chi connectivity index (χ1) is 7.09. The van der Waals surface area contributed by atoms with Crippen molar-refractivity contribution in [3.05, 3.63) is 0 Å². The largest absolute Gasteiger partial charge is 0.356 e. The smallest absolute Gasteiger partial charge is 0.220 e. The predicted octanol–water partition coefficient (Wildman–Crippen LogP) is 1.67. The van der Waals surface area contributed by atoms with Crippen LogP contribution < -0.4 is 11.1 Å². The van der Waals surface area contributed by atoms with Gasteiger partial charge in [0.25, 0.3) is 0 Å². The van der Waals surface area contributed by atoms with E-state index in [1.807, 2.05) is 0 Å². The summed E-state index contributed by atoms with van der Waals surface area (Å²) in [5.74, 6) is 1.10. The molecular formula is C12H24N2O. The molecule has 1 aliphatic rings. The molecule has 3 N–H and O–H groups in total. The molecule has 1 fully saturated rings. The Bertz CT molecular complexity index is 204. The van der Waals surface area contributed by atoms with Gasteiger partial charge in [-0.1, -0.05) is 26.7 Å². The molecule has 3 heteroatoms. The average molecular weight is 212 g/mol. The molecule has 0 bridgehead atoms. The Hall–Kier alpha value is -0.570. The number of carbonyl (C=O) groups is 1. The van der Waals surface area contributed by atoms with Crippen LogP contribution in [0.2, 0.25) is 0 Å². The zero-order valence-corrected chi connectivity index (χ0v) is 9.96. The number of nitrogens with two attached hydrogens (primary N) is 1. The van der Waals surface area contributed by atoms with E-state index in [2.05, 4.69) is 19.2 Å². The molecule has 2 unspecified atom stereocenters. The fourth-order valence-electron chi connectivity index (χ4n) is 2.18. The van der Waals surface area contributed by atoms with Gasteiger partial charge in [-0.05, 0) is 24.7 Å². The number of carbonyl (C=O) groups excluding carboxylic acids is 1. The van der Waals surface area contributed by atoms with Crippen LogP contribution in [0.4, 0.5) is 0 Å². The molecule has 0 aromatic carbocycles. The fraction of sp³-hybridized carbons (Fsp3) is 0.917. The van der Waals surface area contributed by atoms with E-state index in [9.17, 15) is 4.79 Å². The van der Waals surface area contributed by atoms with E-state index in [-0.39, 0.29) is 11.9 Å². The van der Waals surface area contributed by atoms with Crippen LogP contribution in [-0.2, 0) is 4.79 Å². The number of amides is 1. The maximum atomic E-state index is 11.5. The second kappa shape index (κ2) is 6.11. The molecule has 2 atom stereocenters. The maximum Gasteiger partial charge on any atom is 0.220 e. The molecule has 0 aromatic heterocycles. The highest BCUT2D eigenvalue weighted by Gasteiger charge is 2.21. The van der Waals surface area contributed by atoms with Crippen LogP contribution in [-0.4, -0.2) is 18.5 Å². The first-order valence-corrected chi connectivity index (χ1v) is 6.12. The number of nitrogens with one attached hydrogen (secondary N) is 1. The fourth-order valence-corrected chi connectivity index (χ4v) is 2.18. The molecule has 15 heavy (non-hydrogen) atoms. The van der Waals surface area contributed by atoms with Crippen molar-refractivity contribution in [3.63, 3.8) is 0 Å². The summed E-state index contributed by atoms with van der Waals surface area (Å²) in [4.78, 5) is 11.5. The van der Waals surface area contributed by atoms with Crippen LogP contribution in [0.1, 0.15) is 46.0 Å². The zero-order chi connectivity index (χ0) is 11.3. The third-order valence-corrected chi connectivity index (χ3v) is 3.12. The van der Waals surface area contributed by atoms with Crippen molar-refractivity contribution >= 4 is 5.91 Å². The molecule has 0 heterocycles. The van der Waals surface area contributed by atoms with Gasteiger partial charge in [-0.3, -0.25) is 4.79 Å². The number of hydrogen-bond donors (Lipinski definition) is 2. The minimum atomic E-state index is 0.169. The molecule has 1 aliphatic carbocycles. The third-order valence-electron chi connectivity index (χ3n) is 3.12. The van der Waals surface area contributed by atoms with Gasteiger partial charge in [-0.25, -0.2) is 0 Å². The van der Waals surface area contributed by atoms with E-state index in [0.29, 0.717) is 18.3 Å². The minimum Gasteiger partial charge on any atom is -0.356 e. The Kier molecular flexibility index (Phi) is 5.09. The first kappa shape index (κ1) is 12.5. The highest BCUT2D eigenvalue weighted by atomic mass is 16.1. The van der Waals surface area contributed by atoms with Crippen LogP contribution in [0.25, 0.3) is 0 Å². The number of rotatable bonds is 4. The SMILES string of the molecule is CC(C)CC(=O)NCC1CCCCC1N. The Morgan fingerprint density at radius 2 is 2.07 bits per heavy atom. The Labute approximate surface area is 92.8 Å². The van der Waals surface area contributed by atoms with Crippen molar-refractivity contribution in [2.75, 3.05) is 6.54 Å². The standard InChI is InChI=1S/C12H24N2O/c1-9(2)7-12(15)14-8-10-5-3-4-6-11(10)13/h9-11H,3-8,13H2,1-2H3,(H,14,15). The van der Waals surface area contributed by atoms with Crippen molar-refractivity contribution in [2.24, 2.45) is 17.6 Å². The monoisotopic (exact) mass is 212 g/mol. The van der Waals surface area contributed by atoms with Gasteiger partial charge in [0.05, 0.1) is 0 Å². The molecule has 0 spiro atoms. The van der Waals surface area contributed by atoms with Crippen molar-refractivity contribution in [2.45, 2.75) is 52.0 Å². The van der Waals surface area contributed by atoms with Crippen molar-refractivity contribution in [1.82, 2.24) is 5.32 Å². The average Bonchev–Trinajstić information content (AvgIpc) is 2.15. The van der Waals surface area contributed by atoms with E-state index in [1.165, 1.54) is 19.3 Å². The van der Waals surface area contributed by atoms with Crippen LogP contribution in [0.3, 0.4) is 0 Å². The first-order valence-electron chi connectivity index (χ1n) is 6.12. The molecule has 1 amide bonds. The second-order valence-corrected chi connectivity index (χ2v) is 5.11. The summed E-state index contributed by atoms with van der Waals surface area (Å²) in [6.07, 6.45) is 5.42. The van der Waals surface area contributed by atoms with E-state index in [0.717, 1.165) is 13.0 Å². The summed E-state index contributed by atoms with van der Waals surface area (Å²) in [5.41, 5.74) is 6.02. The van der Waals surface area contributed by atoms with E-state index < -0.39 is 0 Å². The van der Waals surface area contributed by atoms with Crippen LogP contribution in [0.15, 0.2) is 0 Å². The Balaban J connectivity index is 2.20. The number of hydrogen-bond acceptors (Lipinski definition) is 2. The van der Waals surface area contributed by atoms with Gasteiger partial charge in [-0.15, -0.1) is 0 Å². The summed E-state index contributed by atoms with van der Waals surface area (Å²) < 4.78 is 0. The molecule has 1 rings (SSSR count). The molecule has 0 saturated heterocycles. The molecule has 0 radical (unpaired) electrons. The van der Waals surface area contributed by atoms with Crippen LogP contribution >= 0.6 is 0 Å². The topological polar surface area (TPSA) is 55.1 Å². The maximum absolute atomic E-state index is 11.5. The van der Waals surface area contributed by atoms with Crippen LogP contribution in [0, 0.1) is 11.8 Å². The Morgan fingerprint density at radius 3 is 2.67 bits per heavy atom. The molecular weight excluding hydrogens is 188 g/mol. The summed E-state index contributed by atoms with van der Waals surface area (Å²) in [5, 5.41) is 3.00. The van der Waals surface area contributed by atoms with Gasteiger partial charge < -0.3 is 11.1 Å². The second-order valence-electron chi connectivity index (χ2n) is 5.11. The van der Waals surface area contributed by atoms with Crippen molar-refractivity contribution in [3.8, 4) is 0 Å². The van der Waals surface area contributed by atoms with Gasteiger partial charge in [0.2, 0.25) is 5.91 Å². The van der Waals surface area contributed by atoms with Gasteiger partial charge >= 0.3 is 0 Å². The summed E-state index contributed by atoms with van der Waals surface area (Å²) in [6, 6.07) is 0.290. The van der Waals surface area contributed by atoms with Gasteiger partial charge in [0.1, 0.15) is 0 Å².